The molecule has 35 heavy (non-hydrogen) atoms. The molecule has 3 aromatic carbocycles. The molecule has 0 atom stereocenters. The first-order valence-corrected chi connectivity index (χ1v) is 11.1. The van der Waals surface area contributed by atoms with Gasteiger partial charge in [0, 0.05) is 41.8 Å². The lowest BCUT2D eigenvalue weighted by Crippen LogP contribution is -2.13. The fraction of sp³-hybridized carbons (Fsp3) is 0.0385. The summed E-state index contributed by atoms with van der Waals surface area (Å²) in [5.41, 5.74) is 4.08. The van der Waals surface area contributed by atoms with Gasteiger partial charge in [0.15, 0.2) is 0 Å². The molecule has 5 rings (SSSR count). The molecule has 2 aromatic heterocycles. The van der Waals surface area contributed by atoms with Crippen LogP contribution in [-0.2, 0) is 7.05 Å². The summed E-state index contributed by atoms with van der Waals surface area (Å²) in [5.74, 6) is 1.39. The van der Waals surface area contributed by atoms with E-state index in [4.69, 9.17) is 24.2 Å². The first-order valence-electron chi connectivity index (χ1n) is 10.7. The number of pyridine rings is 1. The number of aryl methyl sites for hydroxylation is 1. The number of rotatable bonds is 6. The number of nitrogens with one attached hydrogen (secondary N) is 2. The number of halogens is 1. The van der Waals surface area contributed by atoms with Crippen molar-refractivity contribution in [3.05, 3.63) is 95.8 Å². The molecule has 0 aliphatic rings. The Hall–Kier alpha value is -4.30. The van der Waals surface area contributed by atoms with E-state index in [2.05, 4.69) is 20.6 Å². The normalized spacial score (nSPS) is 10.8. The molecule has 0 saturated heterocycles. The summed E-state index contributed by atoms with van der Waals surface area (Å²) in [6.45, 7) is 0. The fourth-order valence-corrected chi connectivity index (χ4v) is 3.74. The first-order chi connectivity index (χ1) is 16.9. The number of carbonyl (C=O) groups excluding carboxylic acids is 1. The number of aromatic nitrogens is 3. The van der Waals surface area contributed by atoms with Crippen LogP contribution in [0.3, 0.4) is 0 Å². The summed E-state index contributed by atoms with van der Waals surface area (Å²) in [4.78, 5) is 21.5. The minimum Gasteiger partial charge on any atom is -0.457 e. The molecule has 170 valence electrons. The molecule has 0 bridgehead atoms. The van der Waals surface area contributed by atoms with Gasteiger partial charge in [-0.15, -0.1) is 0 Å². The van der Waals surface area contributed by atoms with Gasteiger partial charge in [0.2, 0.25) is 5.95 Å². The number of imidazole rings is 1. The van der Waals surface area contributed by atoms with Gasteiger partial charge >= 0.3 is 0 Å². The van der Waals surface area contributed by atoms with Crippen LogP contribution < -0.4 is 20.8 Å². The van der Waals surface area contributed by atoms with Gasteiger partial charge in [-0.2, -0.15) is 0 Å². The van der Waals surface area contributed by atoms with Crippen LogP contribution in [0.4, 0.5) is 17.3 Å². The standard InChI is InChI=1S/C26H19BClN5O2/c1-33-24-10-9-20(14-22(24)32-26(33)31-18-7-5-16(27)6-8-18)35-21-11-12-29-23(15-21)25(34)30-19-4-2-3-17(28)13-19/h2-15H,1H3,(H,30,34)(H,31,32). The molecule has 0 spiro atoms. The number of benzene rings is 3. The number of hydrogen-bond donors (Lipinski definition) is 2. The quantitative estimate of drug-likeness (QED) is 0.327. The molecule has 5 aromatic rings. The first kappa shape index (κ1) is 22.5. The highest BCUT2D eigenvalue weighted by Crippen LogP contribution is 2.28. The van der Waals surface area contributed by atoms with Gasteiger partial charge in [0.25, 0.3) is 5.91 Å². The topological polar surface area (TPSA) is 81.1 Å². The molecule has 0 aliphatic carbocycles. The molecule has 0 fully saturated rings. The Kier molecular flexibility index (Phi) is 6.12. The highest BCUT2D eigenvalue weighted by atomic mass is 35.5. The van der Waals surface area contributed by atoms with Gasteiger partial charge in [0.1, 0.15) is 25.0 Å². The molecule has 0 unspecified atom stereocenters. The SMILES string of the molecule is [B]c1ccc(Nc2nc3cc(Oc4ccnc(C(=O)Nc5cccc(Cl)c5)c4)ccc3n2C)cc1. The van der Waals surface area contributed by atoms with Gasteiger partial charge in [-0.1, -0.05) is 35.3 Å². The van der Waals surface area contributed by atoms with Crippen molar-refractivity contribution in [3.8, 4) is 11.5 Å². The molecule has 0 saturated carbocycles. The van der Waals surface area contributed by atoms with Gasteiger partial charge in [-0.05, 0) is 48.5 Å². The molecule has 9 heteroatoms. The molecular weight excluding hydrogens is 461 g/mol. The van der Waals surface area contributed by atoms with E-state index in [0.29, 0.717) is 33.6 Å². The highest BCUT2D eigenvalue weighted by Gasteiger charge is 2.12. The second-order valence-corrected chi connectivity index (χ2v) is 8.27. The molecule has 7 nitrogen and oxygen atoms in total. The lowest BCUT2D eigenvalue weighted by atomic mass is 9.96. The second kappa shape index (κ2) is 9.52. The summed E-state index contributed by atoms with van der Waals surface area (Å²) in [5, 5.41) is 6.61. The molecule has 0 aliphatic heterocycles. The zero-order valence-electron chi connectivity index (χ0n) is 18.7. The van der Waals surface area contributed by atoms with E-state index >= 15 is 0 Å². The van der Waals surface area contributed by atoms with Crippen LogP contribution in [0.1, 0.15) is 10.5 Å². The maximum absolute atomic E-state index is 12.6. The third-order valence-electron chi connectivity index (χ3n) is 5.30. The van der Waals surface area contributed by atoms with Crippen LogP contribution in [0.15, 0.2) is 85.1 Å². The van der Waals surface area contributed by atoms with Gasteiger partial charge in [0.05, 0.1) is 11.0 Å². The number of anilines is 3. The minimum atomic E-state index is -0.365. The summed E-state index contributed by atoms with van der Waals surface area (Å²) >= 11 is 5.99. The zero-order valence-corrected chi connectivity index (χ0v) is 19.5. The summed E-state index contributed by atoms with van der Waals surface area (Å²) in [7, 11) is 7.70. The Morgan fingerprint density at radius 2 is 1.77 bits per heavy atom. The summed E-state index contributed by atoms with van der Waals surface area (Å²) in [6, 6.07) is 23.3. The van der Waals surface area contributed by atoms with Crippen LogP contribution in [0.5, 0.6) is 11.5 Å². The number of hydrogen-bond acceptors (Lipinski definition) is 5. The van der Waals surface area contributed by atoms with Crippen molar-refractivity contribution in [2.75, 3.05) is 10.6 Å². The Bertz CT molecular complexity index is 1540. The maximum Gasteiger partial charge on any atom is 0.274 e. The van der Waals surface area contributed by atoms with E-state index < -0.39 is 0 Å². The van der Waals surface area contributed by atoms with Crippen molar-refractivity contribution in [3.63, 3.8) is 0 Å². The van der Waals surface area contributed by atoms with Crippen LogP contribution in [0.25, 0.3) is 11.0 Å². The monoisotopic (exact) mass is 479 g/mol. The van der Waals surface area contributed by atoms with E-state index in [1.54, 1.807) is 36.4 Å². The maximum atomic E-state index is 12.6. The summed E-state index contributed by atoms with van der Waals surface area (Å²) in [6.07, 6.45) is 1.52. The molecule has 2 radical (unpaired) electrons. The van der Waals surface area contributed by atoms with Crippen LogP contribution in [0.2, 0.25) is 5.02 Å². The molecular formula is C26H19BClN5O2. The van der Waals surface area contributed by atoms with Crippen molar-refractivity contribution in [1.29, 1.82) is 0 Å². The van der Waals surface area contributed by atoms with Gasteiger partial charge in [-0.3, -0.25) is 9.78 Å². The smallest absolute Gasteiger partial charge is 0.274 e. The fourth-order valence-electron chi connectivity index (χ4n) is 3.55. The van der Waals surface area contributed by atoms with E-state index in [0.717, 1.165) is 16.7 Å². The van der Waals surface area contributed by atoms with Gasteiger partial charge in [-0.25, -0.2) is 4.98 Å². The second-order valence-electron chi connectivity index (χ2n) is 7.84. The van der Waals surface area contributed by atoms with Crippen LogP contribution in [-0.4, -0.2) is 28.3 Å². The minimum absolute atomic E-state index is 0.219. The van der Waals surface area contributed by atoms with Crippen molar-refractivity contribution in [2.45, 2.75) is 0 Å². The van der Waals surface area contributed by atoms with E-state index in [-0.39, 0.29) is 11.6 Å². The molecule has 1 amide bonds. The highest BCUT2D eigenvalue weighted by molar-refractivity contribution is 6.32. The van der Waals surface area contributed by atoms with E-state index in [9.17, 15) is 4.79 Å². The number of fused-ring (bicyclic) bond motifs is 1. The summed E-state index contributed by atoms with van der Waals surface area (Å²) < 4.78 is 7.96. The molecule has 2 N–H and O–H groups in total. The van der Waals surface area contributed by atoms with E-state index in [1.165, 1.54) is 6.20 Å². The number of nitrogens with zero attached hydrogens (tertiary/aromatic N) is 3. The van der Waals surface area contributed by atoms with Crippen molar-refractivity contribution >= 4 is 59.2 Å². The predicted octanol–water partition coefficient (Wildman–Crippen LogP) is 5.20. The predicted molar refractivity (Wildman–Crippen MR) is 140 cm³/mol. The van der Waals surface area contributed by atoms with E-state index in [1.807, 2.05) is 54.1 Å². The zero-order chi connectivity index (χ0) is 24.4. The molecule has 2 heterocycles. The van der Waals surface area contributed by atoms with Crippen LogP contribution in [0, 0.1) is 0 Å². The van der Waals surface area contributed by atoms with Crippen LogP contribution >= 0.6 is 11.6 Å². The lowest BCUT2D eigenvalue weighted by molar-refractivity contribution is 0.102. The Balaban J connectivity index is 1.34. The average Bonchev–Trinajstić information content (AvgIpc) is 3.15. The van der Waals surface area contributed by atoms with Crippen molar-refractivity contribution < 1.29 is 9.53 Å². The number of ether oxygens (including phenoxy) is 1. The Morgan fingerprint density at radius 3 is 2.57 bits per heavy atom. The third kappa shape index (κ3) is 5.12. The number of carbonyl (C=O) groups is 1. The largest absolute Gasteiger partial charge is 0.457 e. The van der Waals surface area contributed by atoms with Crippen molar-refractivity contribution in [1.82, 2.24) is 14.5 Å². The number of amides is 1. The Morgan fingerprint density at radius 1 is 0.971 bits per heavy atom. The Labute approximate surface area is 208 Å². The average molecular weight is 480 g/mol. The van der Waals surface area contributed by atoms with Crippen molar-refractivity contribution in [2.24, 2.45) is 7.05 Å². The van der Waals surface area contributed by atoms with Gasteiger partial charge < -0.3 is 19.9 Å². The lowest BCUT2D eigenvalue weighted by Gasteiger charge is -2.08. The third-order valence-corrected chi connectivity index (χ3v) is 5.54.